The molecule has 1 aliphatic carbocycles. The van der Waals surface area contributed by atoms with Crippen LogP contribution in [0.4, 0.5) is 15.3 Å². The Hall–Kier alpha value is -2.66. The molecule has 1 fully saturated rings. The van der Waals surface area contributed by atoms with Crippen molar-refractivity contribution in [2.75, 3.05) is 11.6 Å². The lowest BCUT2D eigenvalue weighted by Crippen LogP contribution is -2.38. The molecule has 1 heterocycles. The van der Waals surface area contributed by atoms with Crippen LogP contribution in [-0.2, 0) is 19.2 Å². The number of benzene rings is 1. The van der Waals surface area contributed by atoms with Crippen LogP contribution in [0.15, 0.2) is 29.3 Å². The molecule has 9 nitrogen and oxygen atoms in total. The topological polar surface area (TPSA) is 130 Å². The quantitative estimate of drug-likeness (QED) is 0.411. The fourth-order valence-electron chi connectivity index (χ4n) is 3.99. The molecule has 1 saturated carbocycles. The van der Waals surface area contributed by atoms with Crippen LogP contribution in [0.3, 0.4) is 0 Å². The first-order valence-corrected chi connectivity index (χ1v) is 14.5. The molecular formula is C24H34N4O5S2. The number of nitrogens with one attached hydrogen (secondary N) is 3. The van der Waals surface area contributed by atoms with Crippen molar-refractivity contribution in [3.05, 3.63) is 29.4 Å². The minimum Gasteiger partial charge on any atom is -0.447 e. The van der Waals surface area contributed by atoms with E-state index in [0.717, 1.165) is 35.6 Å². The number of hydrogen-bond acceptors (Lipinski definition) is 8. The van der Waals surface area contributed by atoms with Gasteiger partial charge < -0.3 is 14.8 Å². The van der Waals surface area contributed by atoms with Gasteiger partial charge in [0.15, 0.2) is 0 Å². The Morgan fingerprint density at radius 3 is 2.31 bits per heavy atom. The second-order valence-corrected chi connectivity index (χ2v) is 12.5. The Morgan fingerprint density at radius 2 is 1.71 bits per heavy atom. The van der Waals surface area contributed by atoms with Gasteiger partial charge in [-0.2, -0.15) is 0 Å². The lowest BCUT2D eigenvalue weighted by molar-refractivity contribution is 0.109. The Kier molecular flexibility index (Phi) is 8.76. The molecule has 2 amide bonds. The standard InChI is InChI=1S/C24H34N4O5S2/c1-14(2)32-23(29)27-17-8-6-16(7-9-17)22-26-13-20(34-22)19-11-10-18(12-21(19)35(5,25)31)28-24(30)33-15(3)4/h10-17,25H,6-9H2,1-5H3,(H,27,29)(H,28,30)/t16-,17-,35?. The zero-order valence-corrected chi connectivity index (χ0v) is 22.4. The summed E-state index contributed by atoms with van der Waals surface area (Å²) in [5, 5.41) is 6.55. The molecule has 2 aromatic rings. The summed E-state index contributed by atoms with van der Waals surface area (Å²) in [6.07, 6.45) is 5.22. The van der Waals surface area contributed by atoms with Gasteiger partial charge in [-0.05, 0) is 65.5 Å². The van der Waals surface area contributed by atoms with Crippen LogP contribution in [0.2, 0.25) is 0 Å². The van der Waals surface area contributed by atoms with Crippen LogP contribution in [0.5, 0.6) is 0 Å². The van der Waals surface area contributed by atoms with E-state index in [0.29, 0.717) is 16.1 Å². The molecule has 1 unspecified atom stereocenters. The van der Waals surface area contributed by atoms with Crippen molar-refractivity contribution in [2.24, 2.45) is 0 Å². The third-order valence-corrected chi connectivity index (χ3v) is 7.89. The van der Waals surface area contributed by atoms with E-state index in [1.165, 1.54) is 17.6 Å². The van der Waals surface area contributed by atoms with Crippen LogP contribution in [0.1, 0.15) is 64.3 Å². The maximum absolute atomic E-state index is 12.8. The van der Waals surface area contributed by atoms with Crippen LogP contribution < -0.4 is 10.6 Å². The van der Waals surface area contributed by atoms with Gasteiger partial charge in [-0.1, -0.05) is 6.07 Å². The average molecular weight is 523 g/mol. The summed E-state index contributed by atoms with van der Waals surface area (Å²) in [6, 6.07) is 5.13. The molecule has 1 atom stereocenters. The number of nitrogens with zero attached hydrogens (tertiary/aromatic N) is 1. The van der Waals surface area contributed by atoms with E-state index >= 15 is 0 Å². The number of ether oxygens (including phenoxy) is 2. The van der Waals surface area contributed by atoms with Gasteiger partial charge in [-0.15, -0.1) is 11.3 Å². The lowest BCUT2D eigenvalue weighted by atomic mass is 9.86. The molecule has 35 heavy (non-hydrogen) atoms. The molecule has 11 heteroatoms. The Labute approximate surface area is 211 Å². The first kappa shape index (κ1) is 26.9. The van der Waals surface area contributed by atoms with Crippen molar-refractivity contribution in [1.82, 2.24) is 10.3 Å². The average Bonchev–Trinajstić information content (AvgIpc) is 3.22. The predicted molar refractivity (Wildman–Crippen MR) is 138 cm³/mol. The Balaban J connectivity index is 1.72. The summed E-state index contributed by atoms with van der Waals surface area (Å²) in [4.78, 5) is 29.6. The van der Waals surface area contributed by atoms with Crippen molar-refractivity contribution < 1.29 is 23.3 Å². The minimum atomic E-state index is -3.07. The van der Waals surface area contributed by atoms with Gasteiger partial charge in [0.2, 0.25) is 0 Å². The summed E-state index contributed by atoms with van der Waals surface area (Å²) < 4.78 is 31.2. The molecule has 3 N–H and O–H groups in total. The fraction of sp³-hybridized carbons (Fsp3) is 0.542. The van der Waals surface area contributed by atoms with Gasteiger partial charge in [-0.25, -0.2) is 23.6 Å². The van der Waals surface area contributed by atoms with E-state index in [2.05, 4.69) is 15.6 Å². The number of anilines is 1. The molecule has 0 bridgehead atoms. The van der Waals surface area contributed by atoms with Gasteiger partial charge in [0.05, 0.1) is 36.7 Å². The maximum Gasteiger partial charge on any atom is 0.411 e. The van der Waals surface area contributed by atoms with Crippen LogP contribution in [0, 0.1) is 4.78 Å². The van der Waals surface area contributed by atoms with Crippen molar-refractivity contribution in [2.45, 2.75) is 82.4 Å². The molecule has 0 saturated heterocycles. The maximum atomic E-state index is 12.8. The molecule has 0 spiro atoms. The molecule has 1 aliphatic rings. The Bertz CT molecular complexity index is 1150. The normalized spacial score (nSPS) is 19.7. The first-order chi connectivity index (χ1) is 16.4. The van der Waals surface area contributed by atoms with Crippen LogP contribution in [0.25, 0.3) is 10.4 Å². The highest BCUT2D eigenvalue weighted by atomic mass is 32.2. The molecule has 3 rings (SSSR count). The summed E-state index contributed by atoms with van der Waals surface area (Å²) in [5.41, 5.74) is 1.09. The highest BCUT2D eigenvalue weighted by Gasteiger charge is 2.27. The van der Waals surface area contributed by atoms with E-state index in [9.17, 15) is 13.8 Å². The monoisotopic (exact) mass is 522 g/mol. The van der Waals surface area contributed by atoms with Crippen molar-refractivity contribution in [3.8, 4) is 10.4 Å². The van der Waals surface area contributed by atoms with E-state index < -0.39 is 15.8 Å². The second kappa shape index (κ2) is 11.4. The SMILES string of the molecule is CC(C)OC(=O)Nc1ccc(-c2cnc([C@H]3CC[C@H](NC(=O)OC(C)C)CC3)s2)c(S(C)(=N)=O)c1. The predicted octanol–water partition coefficient (Wildman–Crippen LogP) is 5.96. The van der Waals surface area contributed by atoms with E-state index in [1.54, 1.807) is 38.2 Å². The smallest absolute Gasteiger partial charge is 0.411 e. The van der Waals surface area contributed by atoms with E-state index in [4.69, 9.17) is 14.3 Å². The second-order valence-electron chi connectivity index (χ2n) is 9.34. The highest BCUT2D eigenvalue weighted by molar-refractivity contribution is 7.91. The summed E-state index contributed by atoms with van der Waals surface area (Å²) in [7, 11) is -3.07. The largest absolute Gasteiger partial charge is 0.447 e. The number of alkyl carbamates (subject to hydrolysis) is 1. The van der Waals surface area contributed by atoms with Gasteiger partial charge in [0.1, 0.15) is 0 Å². The third-order valence-electron chi connectivity index (χ3n) is 5.52. The summed E-state index contributed by atoms with van der Waals surface area (Å²) in [6.45, 7) is 7.15. The number of amides is 2. The number of carbonyl (C=O) groups is 2. The number of rotatable bonds is 7. The number of carbonyl (C=O) groups excluding carboxylic acids is 2. The van der Waals surface area contributed by atoms with Gasteiger partial charge in [0, 0.05) is 35.7 Å². The van der Waals surface area contributed by atoms with Gasteiger partial charge in [-0.3, -0.25) is 5.32 Å². The van der Waals surface area contributed by atoms with Crippen molar-refractivity contribution >= 4 is 38.9 Å². The number of aromatic nitrogens is 1. The van der Waals surface area contributed by atoms with Crippen molar-refractivity contribution in [1.29, 1.82) is 4.78 Å². The summed E-state index contributed by atoms with van der Waals surface area (Å²) in [5.74, 6) is 0.282. The number of thiazole rings is 1. The zero-order valence-electron chi connectivity index (χ0n) is 20.8. The molecule has 1 aromatic carbocycles. The molecule has 192 valence electrons. The zero-order chi connectivity index (χ0) is 25.8. The first-order valence-electron chi connectivity index (χ1n) is 11.7. The summed E-state index contributed by atoms with van der Waals surface area (Å²) >= 11 is 1.53. The Morgan fingerprint density at radius 1 is 1.09 bits per heavy atom. The molecule has 0 aliphatic heterocycles. The molecular weight excluding hydrogens is 488 g/mol. The van der Waals surface area contributed by atoms with Gasteiger partial charge >= 0.3 is 12.2 Å². The van der Waals surface area contributed by atoms with Gasteiger partial charge in [0.25, 0.3) is 0 Å². The molecule has 0 radical (unpaired) electrons. The fourth-order valence-corrected chi connectivity index (χ4v) is 6.13. The highest BCUT2D eigenvalue weighted by Crippen LogP contribution is 2.40. The van der Waals surface area contributed by atoms with E-state index in [1.807, 2.05) is 13.8 Å². The lowest BCUT2D eigenvalue weighted by Gasteiger charge is -2.28. The minimum absolute atomic E-state index is 0.0963. The van der Waals surface area contributed by atoms with Crippen LogP contribution >= 0.6 is 11.3 Å². The number of hydrogen-bond donors (Lipinski definition) is 3. The van der Waals surface area contributed by atoms with E-state index in [-0.39, 0.29) is 30.3 Å². The third kappa shape index (κ3) is 7.66. The van der Waals surface area contributed by atoms with Crippen molar-refractivity contribution in [3.63, 3.8) is 0 Å². The van der Waals surface area contributed by atoms with Crippen LogP contribution in [-0.4, -0.2) is 45.9 Å². The molecule has 1 aromatic heterocycles.